The van der Waals surface area contributed by atoms with E-state index in [1.165, 1.54) is 16.6 Å². The lowest BCUT2D eigenvalue weighted by Crippen LogP contribution is -2.28. The van der Waals surface area contributed by atoms with Gasteiger partial charge < -0.3 is 9.88 Å². The van der Waals surface area contributed by atoms with Gasteiger partial charge in [-0.1, -0.05) is 36.4 Å². The molecule has 0 atom stereocenters. The van der Waals surface area contributed by atoms with Crippen molar-refractivity contribution in [3.05, 3.63) is 71.4 Å². The van der Waals surface area contributed by atoms with Gasteiger partial charge in [-0.2, -0.15) is 0 Å². The fourth-order valence-corrected chi connectivity index (χ4v) is 2.85. The van der Waals surface area contributed by atoms with Crippen molar-refractivity contribution in [3.63, 3.8) is 0 Å². The van der Waals surface area contributed by atoms with Crippen molar-refractivity contribution in [1.82, 2.24) is 9.88 Å². The summed E-state index contributed by atoms with van der Waals surface area (Å²) in [6, 6.07) is 18.2. The number of nitrogens with one attached hydrogen (secondary N) is 1. The number of hydrogen-bond acceptors (Lipinski definition) is 1. The first kappa shape index (κ1) is 14.4. The molecule has 0 radical (unpaired) electrons. The Morgan fingerprint density at radius 2 is 1.77 bits per heavy atom. The highest BCUT2D eigenvalue weighted by Gasteiger charge is 2.08. The lowest BCUT2D eigenvalue weighted by atomic mass is 10.1. The number of hydrogen-bond donors (Lipinski definition) is 1. The van der Waals surface area contributed by atoms with Gasteiger partial charge in [0.15, 0.2) is 0 Å². The van der Waals surface area contributed by atoms with Crippen molar-refractivity contribution >= 4 is 16.8 Å². The van der Waals surface area contributed by atoms with Crippen LogP contribution in [0, 0.1) is 13.8 Å². The number of benzene rings is 2. The molecule has 0 saturated carbocycles. The molecule has 0 saturated heterocycles. The molecule has 0 bridgehead atoms. The molecule has 0 aliphatic rings. The normalized spacial score (nSPS) is 10.8. The highest BCUT2D eigenvalue weighted by Crippen LogP contribution is 2.18. The molecule has 0 unspecified atom stereocenters. The van der Waals surface area contributed by atoms with E-state index in [4.69, 9.17) is 0 Å². The summed E-state index contributed by atoms with van der Waals surface area (Å²) in [5, 5.41) is 4.25. The van der Waals surface area contributed by atoms with Crippen LogP contribution in [-0.4, -0.2) is 17.0 Å². The Kier molecular flexibility index (Phi) is 3.96. The van der Waals surface area contributed by atoms with Gasteiger partial charge in [-0.15, -0.1) is 0 Å². The van der Waals surface area contributed by atoms with Crippen molar-refractivity contribution in [1.29, 1.82) is 0 Å². The standard InChI is InChI=1S/C19H20N2O/c1-14-7-3-5-9-17(14)19(22)20-11-12-21-15(2)13-16-8-4-6-10-18(16)21/h3-10,13H,11-12H2,1-2H3,(H,20,22). The van der Waals surface area contributed by atoms with E-state index in [9.17, 15) is 4.79 Å². The van der Waals surface area contributed by atoms with Crippen LogP contribution in [0.15, 0.2) is 54.6 Å². The Balaban J connectivity index is 1.69. The average Bonchev–Trinajstić information content (AvgIpc) is 2.83. The van der Waals surface area contributed by atoms with Crippen LogP contribution in [0.3, 0.4) is 0 Å². The van der Waals surface area contributed by atoms with E-state index >= 15 is 0 Å². The molecule has 3 heteroatoms. The Morgan fingerprint density at radius 1 is 1.05 bits per heavy atom. The molecule has 1 aromatic heterocycles. The minimum atomic E-state index is -0.00721. The first-order valence-corrected chi connectivity index (χ1v) is 7.55. The van der Waals surface area contributed by atoms with Gasteiger partial charge in [0.25, 0.3) is 5.91 Å². The molecule has 0 aliphatic heterocycles. The van der Waals surface area contributed by atoms with E-state index in [-0.39, 0.29) is 5.91 Å². The molecule has 3 nitrogen and oxygen atoms in total. The van der Waals surface area contributed by atoms with Gasteiger partial charge in [-0.05, 0) is 43.0 Å². The number of fused-ring (bicyclic) bond motifs is 1. The van der Waals surface area contributed by atoms with Gasteiger partial charge >= 0.3 is 0 Å². The monoisotopic (exact) mass is 292 g/mol. The zero-order chi connectivity index (χ0) is 15.5. The Labute approximate surface area is 130 Å². The highest BCUT2D eigenvalue weighted by atomic mass is 16.1. The number of aromatic nitrogens is 1. The van der Waals surface area contributed by atoms with Crippen LogP contribution in [0.5, 0.6) is 0 Å². The molecule has 1 amide bonds. The molecule has 3 rings (SSSR count). The molecule has 0 spiro atoms. The lowest BCUT2D eigenvalue weighted by molar-refractivity contribution is 0.0951. The van der Waals surface area contributed by atoms with Crippen molar-refractivity contribution < 1.29 is 4.79 Å². The summed E-state index contributed by atoms with van der Waals surface area (Å²) in [4.78, 5) is 12.2. The molecule has 22 heavy (non-hydrogen) atoms. The molecular weight excluding hydrogens is 272 g/mol. The summed E-state index contributed by atoms with van der Waals surface area (Å²) in [5.74, 6) is -0.00721. The molecule has 0 aliphatic carbocycles. The molecule has 1 N–H and O–H groups in total. The van der Waals surface area contributed by atoms with Crippen LogP contribution in [0.2, 0.25) is 0 Å². The maximum atomic E-state index is 12.2. The third kappa shape index (κ3) is 2.75. The van der Waals surface area contributed by atoms with Gasteiger partial charge in [0, 0.05) is 29.9 Å². The van der Waals surface area contributed by atoms with E-state index in [0.717, 1.165) is 17.7 Å². The summed E-state index contributed by atoms with van der Waals surface area (Å²) in [5.41, 5.74) is 4.18. The van der Waals surface area contributed by atoms with E-state index in [1.807, 2.05) is 43.3 Å². The second-order valence-corrected chi connectivity index (χ2v) is 5.57. The SMILES string of the molecule is Cc1ccccc1C(=O)NCCn1c(C)cc2ccccc21. The number of rotatable bonds is 4. The second kappa shape index (κ2) is 6.06. The van der Waals surface area contributed by atoms with Crippen molar-refractivity contribution in [3.8, 4) is 0 Å². The Morgan fingerprint density at radius 3 is 2.59 bits per heavy atom. The Bertz CT molecular complexity index is 817. The minimum absolute atomic E-state index is 0.00721. The number of carbonyl (C=O) groups is 1. The number of para-hydroxylation sites is 1. The van der Waals surface area contributed by atoms with Crippen LogP contribution in [-0.2, 0) is 6.54 Å². The smallest absolute Gasteiger partial charge is 0.251 e. The highest BCUT2D eigenvalue weighted by molar-refractivity contribution is 5.95. The van der Waals surface area contributed by atoms with Crippen molar-refractivity contribution in [2.24, 2.45) is 0 Å². The van der Waals surface area contributed by atoms with Gasteiger partial charge in [0.2, 0.25) is 0 Å². The summed E-state index contributed by atoms with van der Waals surface area (Å²) in [6.07, 6.45) is 0. The van der Waals surface area contributed by atoms with E-state index < -0.39 is 0 Å². The van der Waals surface area contributed by atoms with Crippen molar-refractivity contribution in [2.75, 3.05) is 6.54 Å². The first-order chi connectivity index (χ1) is 10.7. The zero-order valence-corrected chi connectivity index (χ0v) is 13.0. The summed E-state index contributed by atoms with van der Waals surface area (Å²) >= 11 is 0. The Hall–Kier alpha value is -2.55. The average molecular weight is 292 g/mol. The molecule has 112 valence electrons. The number of carbonyl (C=O) groups excluding carboxylic acids is 1. The second-order valence-electron chi connectivity index (χ2n) is 5.57. The summed E-state index contributed by atoms with van der Waals surface area (Å²) in [6.45, 7) is 5.45. The summed E-state index contributed by atoms with van der Waals surface area (Å²) in [7, 11) is 0. The molecule has 2 aromatic carbocycles. The molecule has 1 heterocycles. The fraction of sp³-hybridized carbons (Fsp3) is 0.211. The number of nitrogens with zero attached hydrogens (tertiary/aromatic N) is 1. The van der Waals surface area contributed by atoms with Gasteiger partial charge in [0.05, 0.1) is 0 Å². The van der Waals surface area contributed by atoms with Crippen LogP contribution < -0.4 is 5.32 Å². The number of amides is 1. The first-order valence-electron chi connectivity index (χ1n) is 7.55. The van der Waals surface area contributed by atoms with Crippen LogP contribution in [0.4, 0.5) is 0 Å². The van der Waals surface area contributed by atoms with Gasteiger partial charge in [-0.3, -0.25) is 4.79 Å². The molecule has 0 fully saturated rings. The van der Waals surface area contributed by atoms with E-state index in [1.54, 1.807) is 0 Å². The third-order valence-electron chi connectivity index (χ3n) is 4.03. The third-order valence-corrected chi connectivity index (χ3v) is 4.03. The van der Waals surface area contributed by atoms with Crippen LogP contribution >= 0.6 is 0 Å². The number of aryl methyl sites for hydroxylation is 2. The minimum Gasteiger partial charge on any atom is -0.350 e. The topological polar surface area (TPSA) is 34.0 Å². The lowest BCUT2D eigenvalue weighted by Gasteiger charge is -2.10. The largest absolute Gasteiger partial charge is 0.350 e. The van der Waals surface area contributed by atoms with E-state index in [0.29, 0.717) is 6.54 Å². The predicted octanol–water partition coefficient (Wildman–Crippen LogP) is 3.69. The molecule has 3 aromatic rings. The van der Waals surface area contributed by atoms with Gasteiger partial charge in [0.1, 0.15) is 0 Å². The van der Waals surface area contributed by atoms with E-state index in [2.05, 4.69) is 35.0 Å². The molecular formula is C19H20N2O. The van der Waals surface area contributed by atoms with Crippen LogP contribution in [0.1, 0.15) is 21.6 Å². The van der Waals surface area contributed by atoms with Gasteiger partial charge in [-0.25, -0.2) is 0 Å². The summed E-state index contributed by atoms with van der Waals surface area (Å²) < 4.78 is 2.24. The fourth-order valence-electron chi connectivity index (χ4n) is 2.85. The van der Waals surface area contributed by atoms with Crippen LogP contribution in [0.25, 0.3) is 10.9 Å². The zero-order valence-electron chi connectivity index (χ0n) is 13.0. The quantitative estimate of drug-likeness (QED) is 0.782. The maximum Gasteiger partial charge on any atom is 0.251 e. The van der Waals surface area contributed by atoms with Crippen molar-refractivity contribution in [2.45, 2.75) is 20.4 Å². The maximum absolute atomic E-state index is 12.2. The predicted molar refractivity (Wildman–Crippen MR) is 90.2 cm³/mol.